The zero-order valence-electron chi connectivity index (χ0n) is 8.06. The summed E-state index contributed by atoms with van der Waals surface area (Å²) in [4.78, 5) is 10.8. The molecule has 1 aliphatic heterocycles. The van der Waals surface area contributed by atoms with Gasteiger partial charge < -0.3 is 5.11 Å². The van der Waals surface area contributed by atoms with Gasteiger partial charge in [0.25, 0.3) is 0 Å². The summed E-state index contributed by atoms with van der Waals surface area (Å²) in [6.45, 7) is 1.79. The topological polar surface area (TPSA) is 71.4 Å². The molecule has 1 heterocycles. The van der Waals surface area contributed by atoms with Crippen LogP contribution in [-0.2, 0) is 14.6 Å². The van der Waals surface area contributed by atoms with E-state index in [0.717, 1.165) is 0 Å². The van der Waals surface area contributed by atoms with E-state index in [9.17, 15) is 13.2 Å². The second-order valence-electron chi connectivity index (χ2n) is 4.60. The maximum atomic E-state index is 11.6. The molecule has 2 fully saturated rings. The van der Waals surface area contributed by atoms with Crippen molar-refractivity contribution in [2.24, 2.45) is 11.3 Å². The third kappa shape index (κ3) is 1.26. The van der Waals surface area contributed by atoms with Gasteiger partial charge in [0.05, 0.1) is 16.9 Å². The largest absolute Gasteiger partial charge is 0.481 e. The summed E-state index contributed by atoms with van der Waals surface area (Å²) in [5, 5.41) is 8.42. The summed E-state index contributed by atoms with van der Waals surface area (Å²) in [6, 6.07) is 0. The Hall–Kier alpha value is -0.580. The first-order chi connectivity index (χ1) is 6.38. The molecule has 0 spiro atoms. The van der Waals surface area contributed by atoms with E-state index in [0.29, 0.717) is 19.3 Å². The molecule has 0 aromatic heterocycles. The lowest BCUT2D eigenvalue weighted by Crippen LogP contribution is -2.28. The normalized spacial score (nSPS) is 44.9. The quantitative estimate of drug-likeness (QED) is 0.739. The molecular formula is C9H14O4S. The Labute approximate surface area is 83.2 Å². The van der Waals surface area contributed by atoms with Crippen molar-refractivity contribution >= 4 is 15.8 Å². The number of carbonyl (C=O) groups is 1. The predicted molar refractivity (Wildman–Crippen MR) is 50.7 cm³/mol. The van der Waals surface area contributed by atoms with E-state index in [-0.39, 0.29) is 5.75 Å². The molecule has 0 aromatic rings. The molecule has 0 amide bonds. The van der Waals surface area contributed by atoms with Gasteiger partial charge in [0.15, 0.2) is 9.84 Å². The van der Waals surface area contributed by atoms with Crippen LogP contribution in [0.5, 0.6) is 0 Å². The lowest BCUT2D eigenvalue weighted by atomic mass is 9.98. The maximum Gasteiger partial charge on any atom is 0.307 e. The van der Waals surface area contributed by atoms with Gasteiger partial charge >= 0.3 is 5.97 Å². The van der Waals surface area contributed by atoms with Crippen LogP contribution < -0.4 is 0 Å². The molecule has 5 heteroatoms. The third-order valence-electron chi connectivity index (χ3n) is 3.64. The van der Waals surface area contributed by atoms with Crippen LogP contribution in [-0.4, -0.2) is 30.5 Å². The zero-order valence-corrected chi connectivity index (χ0v) is 8.88. The summed E-state index contributed by atoms with van der Waals surface area (Å²) in [7, 11) is -3.01. The van der Waals surface area contributed by atoms with Crippen LogP contribution in [0.4, 0.5) is 0 Å². The molecule has 0 aromatic carbocycles. The summed E-state index contributed by atoms with van der Waals surface area (Å²) in [5.74, 6) is -1.06. The number of aliphatic carboxylic acids is 1. The summed E-state index contributed by atoms with van der Waals surface area (Å²) in [6.07, 6.45) is 1.85. The number of rotatable bonds is 2. The SMILES string of the molecule is C[C@]1(C2CCCS2(=O)=O)C[C@@H]1C(=O)O. The Morgan fingerprint density at radius 3 is 2.50 bits per heavy atom. The molecule has 1 saturated heterocycles. The molecule has 3 atom stereocenters. The highest BCUT2D eigenvalue weighted by Crippen LogP contribution is 2.59. The first kappa shape index (κ1) is 9.96. The van der Waals surface area contributed by atoms with Gasteiger partial charge in [-0.25, -0.2) is 8.42 Å². The lowest BCUT2D eigenvalue weighted by Gasteiger charge is -2.17. The van der Waals surface area contributed by atoms with E-state index in [4.69, 9.17) is 5.11 Å². The molecule has 1 aliphatic carbocycles. The van der Waals surface area contributed by atoms with E-state index >= 15 is 0 Å². The smallest absolute Gasteiger partial charge is 0.307 e. The van der Waals surface area contributed by atoms with Gasteiger partial charge in [-0.3, -0.25) is 4.79 Å². The first-order valence-corrected chi connectivity index (χ1v) is 6.54. The minimum absolute atomic E-state index is 0.236. The van der Waals surface area contributed by atoms with Gasteiger partial charge in [0, 0.05) is 0 Å². The molecule has 80 valence electrons. The molecule has 2 aliphatic rings. The van der Waals surface area contributed by atoms with E-state index in [2.05, 4.69) is 0 Å². The molecule has 1 saturated carbocycles. The van der Waals surface area contributed by atoms with Gasteiger partial charge in [-0.05, 0) is 24.7 Å². The van der Waals surface area contributed by atoms with E-state index < -0.39 is 32.4 Å². The van der Waals surface area contributed by atoms with Crippen molar-refractivity contribution in [3.05, 3.63) is 0 Å². The van der Waals surface area contributed by atoms with Crippen LogP contribution >= 0.6 is 0 Å². The Bertz CT molecular complexity index is 372. The number of carboxylic acids is 1. The molecule has 0 bridgehead atoms. The summed E-state index contributed by atoms with van der Waals surface area (Å²) in [5.41, 5.74) is -0.485. The Morgan fingerprint density at radius 1 is 1.50 bits per heavy atom. The van der Waals surface area contributed by atoms with Crippen molar-refractivity contribution in [3.8, 4) is 0 Å². The average Bonchev–Trinajstić information content (AvgIpc) is 2.60. The number of carboxylic acid groups (broad SMARTS) is 1. The molecule has 0 radical (unpaired) electrons. The van der Waals surface area contributed by atoms with Crippen LogP contribution in [0.3, 0.4) is 0 Å². The van der Waals surface area contributed by atoms with Gasteiger partial charge in [0.1, 0.15) is 0 Å². The fraction of sp³-hybridized carbons (Fsp3) is 0.889. The second kappa shape index (κ2) is 2.72. The summed E-state index contributed by atoms with van der Waals surface area (Å²) >= 11 is 0. The average molecular weight is 218 g/mol. The number of sulfone groups is 1. The van der Waals surface area contributed by atoms with Crippen LogP contribution in [0, 0.1) is 11.3 Å². The van der Waals surface area contributed by atoms with Crippen molar-refractivity contribution in [2.75, 3.05) is 5.75 Å². The lowest BCUT2D eigenvalue weighted by molar-refractivity contribution is -0.139. The highest BCUT2D eigenvalue weighted by Gasteiger charge is 2.63. The number of hydrogen-bond donors (Lipinski definition) is 1. The van der Waals surface area contributed by atoms with E-state index in [1.54, 1.807) is 6.92 Å². The second-order valence-corrected chi connectivity index (χ2v) is 6.90. The third-order valence-corrected chi connectivity index (χ3v) is 6.14. The Kier molecular flexibility index (Phi) is 1.93. The van der Waals surface area contributed by atoms with Crippen LogP contribution in [0.2, 0.25) is 0 Å². The van der Waals surface area contributed by atoms with Crippen molar-refractivity contribution in [2.45, 2.75) is 31.4 Å². The molecular weight excluding hydrogens is 204 g/mol. The van der Waals surface area contributed by atoms with Crippen molar-refractivity contribution < 1.29 is 18.3 Å². The van der Waals surface area contributed by atoms with Gasteiger partial charge in [-0.2, -0.15) is 0 Å². The monoisotopic (exact) mass is 218 g/mol. The zero-order chi connectivity index (χ0) is 10.6. The predicted octanol–water partition coefficient (Wildman–Crippen LogP) is 0.674. The van der Waals surface area contributed by atoms with Gasteiger partial charge in [0.2, 0.25) is 0 Å². The van der Waals surface area contributed by atoms with E-state index in [1.165, 1.54) is 0 Å². The molecule has 4 nitrogen and oxygen atoms in total. The van der Waals surface area contributed by atoms with Crippen molar-refractivity contribution in [1.82, 2.24) is 0 Å². The molecule has 1 N–H and O–H groups in total. The van der Waals surface area contributed by atoms with Gasteiger partial charge in [-0.1, -0.05) is 6.92 Å². The minimum Gasteiger partial charge on any atom is -0.481 e. The minimum atomic E-state index is -3.01. The summed E-state index contributed by atoms with van der Waals surface area (Å²) < 4.78 is 23.2. The Morgan fingerprint density at radius 2 is 2.14 bits per heavy atom. The molecule has 1 unspecified atom stereocenters. The van der Waals surface area contributed by atoms with E-state index in [1.807, 2.05) is 0 Å². The maximum absolute atomic E-state index is 11.6. The number of hydrogen-bond acceptors (Lipinski definition) is 3. The molecule has 14 heavy (non-hydrogen) atoms. The van der Waals surface area contributed by atoms with Crippen LogP contribution in [0.25, 0.3) is 0 Å². The van der Waals surface area contributed by atoms with Crippen molar-refractivity contribution in [3.63, 3.8) is 0 Å². The highest BCUT2D eigenvalue weighted by molar-refractivity contribution is 7.92. The molecule has 2 rings (SSSR count). The Balaban J connectivity index is 2.22. The van der Waals surface area contributed by atoms with Crippen molar-refractivity contribution in [1.29, 1.82) is 0 Å². The van der Waals surface area contributed by atoms with Crippen LogP contribution in [0.1, 0.15) is 26.2 Å². The highest BCUT2D eigenvalue weighted by atomic mass is 32.2. The first-order valence-electron chi connectivity index (χ1n) is 4.82. The fourth-order valence-electron chi connectivity index (χ4n) is 2.64. The van der Waals surface area contributed by atoms with Gasteiger partial charge in [-0.15, -0.1) is 0 Å². The van der Waals surface area contributed by atoms with Crippen LogP contribution in [0.15, 0.2) is 0 Å². The fourth-order valence-corrected chi connectivity index (χ4v) is 5.10. The standard InChI is InChI=1S/C9H14O4S/c1-9(5-6(9)8(10)11)7-3-2-4-14(7,12)13/h6-7H,2-5H2,1H3,(H,10,11)/t6-,7?,9+/m1/s1.